The number of carbonyl (C=O) groups is 4. The minimum atomic E-state index is -0.476. The number of rotatable bonds is 2. The highest BCUT2D eigenvalue weighted by Gasteiger charge is 2.48. The summed E-state index contributed by atoms with van der Waals surface area (Å²) in [5, 5.41) is 0. The molecule has 0 saturated carbocycles. The van der Waals surface area contributed by atoms with Gasteiger partial charge in [0.1, 0.15) is 11.2 Å². The summed E-state index contributed by atoms with van der Waals surface area (Å²) in [4.78, 5) is 51.4. The fourth-order valence-electron chi connectivity index (χ4n) is 6.30. The van der Waals surface area contributed by atoms with Crippen LogP contribution in [0.3, 0.4) is 0 Å². The van der Waals surface area contributed by atoms with Crippen LogP contribution in [0.25, 0.3) is 0 Å². The van der Waals surface area contributed by atoms with Gasteiger partial charge in [0.05, 0.1) is 26.1 Å². The Hall–Kier alpha value is -2.52. The molecule has 0 spiro atoms. The monoisotopic (exact) mass is 538 g/mol. The van der Waals surface area contributed by atoms with Crippen molar-refractivity contribution in [2.24, 2.45) is 11.8 Å². The third kappa shape index (κ3) is 7.32. The number of piperidine rings is 2. The van der Waals surface area contributed by atoms with Gasteiger partial charge in [0, 0.05) is 24.2 Å². The molecule has 0 aromatic heterocycles. The summed E-state index contributed by atoms with van der Waals surface area (Å²) in [6, 6.07) is 0.491. The highest BCUT2D eigenvalue weighted by molar-refractivity contribution is 5.75. The van der Waals surface area contributed by atoms with Crippen LogP contribution in [0.1, 0.15) is 92.9 Å². The summed E-state index contributed by atoms with van der Waals surface area (Å²) in [5.74, 6) is -0.441. The molecule has 10 heteroatoms. The Bertz CT molecular complexity index is 792. The van der Waals surface area contributed by atoms with Gasteiger partial charge in [0.25, 0.3) is 0 Å². The van der Waals surface area contributed by atoms with Crippen LogP contribution in [0.15, 0.2) is 0 Å². The topological polar surface area (TPSA) is 112 Å². The van der Waals surface area contributed by atoms with Crippen LogP contribution in [0.4, 0.5) is 9.59 Å². The average molecular weight is 539 g/mol. The fourth-order valence-corrected chi connectivity index (χ4v) is 6.30. The van der Waals surface area contributed by atoms with E-state index in [4.69, 9.17) is 18.9 Å². The van der Waals surface area contributed by atoms with E-state index < -0.39 is 11.2 Å². The number of hydrogen-bond acceptors (Lipinski definition) is 8. The number of carbonyl (C=O) groups excluding carboxylic acids is 4. The number of methoxy groups -OCH3 is 2. The molecule has 2 unspecified atom stereocenters. The zero-order chi connectivity index (χ0) is 28.4. The van der Waals surface area contributed by atoms with E-state index in [2.05, 4.69) is 0 Å². The zero-order valence-electron chi connectivity index (χ0n) is 24.3. The van der Waals surface area contributed by atoms with Crippen LogP contribution in [-0.2, 0) is 28.5 Å². The second-order valence-corrected chi connectivity index (χ2v) is 12.9. The first-order valence-electron chi connectivity index (χ1n) is 13.8. The van der Waals surface area contributed by atoms with E-state index in [1.807, 2.05) is 51.3 Å². The SMILES string of the molecule is COC(=O)C1C[C@H]2CC[C@@H](C1)N2C(=O)OC(C)(C)C.COC(=O)C1C[C@H]2CC[C@@H](C1)N2C(=O)OC(C)(C)C. The van der Waals surface area contributed by atoms with Crippen molar-refractivity contribution in [3.8, 4) is 0 Å². The Balaban J connectivity index is 0.000000211. The first-order chi connectivity index (χ1) is 17.6. The largest absolute Gasteiger partial charge is 0.469 e. The van der Waals surface area contributed by atoms with Gasteiger partial charge in [-0.2, -0.15) is 0 Å². The van der Waals surface area contributed by atoms with Gasteiger partial charge in [-0.15, -0.1) is 0 Å². The minimum absolute atomic E-state index is 0.0683. The molecule has 4 aliphatic heterocycles. The maximum Gasteiger partial charge on any atom is 0.410 e. The van der Waals surface area contributed by atoms with E-state index in [1.165, 1.54) is 14.2 Å². The van der Waals surface area contributed by atoms with Gasteiger partial charge in [-0.05, 0) is 92.9 Å². The summed E-state index contributed by atoms with van der Waals surface area (Å²) in [6.45, 7) is 11.2. The number of fused-ring (bicyclic) bond motifs is 4. The van der Waals surface area contributed by atoms with E-state index >= 15 is 0 Å². The first kappa shape index (κ1) is 30.0. The highest BCUT2D eigenvalue weighted by atomic mass is 16.6. The summed E-state index contributed by atoms with van der Waals surface area (Å²) in [7, 11) is 2.84. The first-order valence-corrected chi connectivity index (χ1v) is 13.8. The Kier molecular flexibility index (Phi) is 9.24. The molecular weight excluding hydrogens is 492 g/mol. The standard InChI is InChI=1S/2C14H23NO4/c2*1-14(2,3)19-13(17)15-10-5-6-11(15)8-9(7-10)12(16)18-4/h2*9-11H,5-8H2,1-4H3/t2*9?,10-,11+. The number of ether oxygens (including phenoxy) is 4. The van der Waals surface area contributed by atoms with E-state index in [0.29, 0.717) is 25.7 Å². The molecule has 4 heterocycles. The average Bonchev–Trinajstić information content (AvgIpc) is 3.24. The van der Waals surface area contributed by atoms with Crippen LogP contribution < -0.4 is 0 Å². The van der Waals surface area contributed by atoms with Gasteiger partial charge in [-0.3, -0.25) is 9.59 Å². The van der Waals surface area contributed by atoms with Crippen LogP contribution in [0, 0.1) is 11.8 Å². The molecular formula is C28H46N2O8. The molecule has 216 valence electrons. The van der Waals surface area contributed by atoms with Gasteiger partial charge >= 0.3 is 24.1 Å². The number of esters is 2. The molecule has 6 atom stereocenters. The molecule has 4 rings (SSSR count). The Morgan fingerprint density at radius 1 is 0.553 bits per heavy atom. The lowest BCUT2D eigenvalue weighted by molar-refractivity contribution is -0.148. The fraction of sp³-hybridized carbons (Fsp3) is 0.857. The maximum atomic E-state index is 12.2. The molecule has 0 aromatic rings. The summed E-state index contributed by atoms with van der Waals surface area (Å²) >= 11 is 0. The Morgan fingerprint density at radius 3 is 1.03 bits per heavy atom. The third-order valence-corrected chi connectivity index (χ3v) is 7.74. The molecule has 38 heavy (non-hydrogen) atoms. The molecule has 0 aliphatic carbocycles. The summed E-state index contributed by atoms with van der Waals surface area (Å²) < 4.78 is 20.5. The van der Waals surface area contributed by atoms with Gasteiger partial charge in [-0.1, -0.05) is 0 Å². The van der Waals surface area contributed by atoms with Crippen molar-refractivity contribution in [3.05, 3.63) is 0 Å². The molecule has 0 aromatic carbocycles. The number of hydrogen-bond donors (Lipinski definition) is 0. The predicted octanol–water partition coefficient (Wildman–Crippen LogP) is 4.68. The molecule has 0 radical (unpaired) electrons. The lowest BCUT2D eigenvalue weighted by Gasteiger charge is -2.38. The van der Waals surface area contributed by atoms with Crippen LogP contribution >= 0.6 is 0 Å². The molecule has 2 amide bonds. The molecule has 4 fully saturated rings. The maximum absolute atomic E-state index is 12.2. The molecule has 0 N–H and O–H groups in total. The number of nitrogens with zero attached hydrogens (tertiary/aromatic N) is 2. The Labute approximate surface area is 226 Å². The normalized spacial score (nSPS) is 30.1. The molecule has 4 bridgehead atoms. The summed E-state index contributed by atoms with van der Waals surface area (Å²) in [6.07, 6.45) is 6.12. The second kappa shape index (κ2) is 11.7. The van der Waals surface area contributed by atoms with Crippen molar-refractivity contribution in [2.45, 2.75) is 128 Å². The van der Waals surface area contributed by atoms with Gasteiger partial charge < -0.3 is 28.7 Å². The van der Waals surface area contributed by atoms with Crippen LogP contribution in [0.5, 0.6) is 0 Å². The van der Waals surface area contributed by atoms with E-state index in [-0.39, 0.29) is 60.1 Å². The van der Waals surface area contributed by atoms with Crippen molar-refractivity contribution in [1.29, 1.82) is 0 Å². The number of amides is 2. The Morgan fingerprint density at radius 2 is 0.816 bits per heavy atom. The van der Waals surface area contributed by atoms with Crippen molar-refractivity contribution >= 4 is 24.1 Å². The molecule has 4 saturated heterocycles. The quantitative estimate of drug-likeness (QED) is 0.368. The van der Waals surface area contributed by atoms with Crippen molar-refractivity contribution in [2.75, 3.05) is 14.2 Å². The van der Waals surface area contributed by atoms with E-state index in [1.54, 1.807) is 0 Å². The van der Waals surface area contributed by atoms with Crippen molar-refractivity contribution in [1.82, 2.24) is 9.80 Å². The molecule has 4 aliphatic rings. The van der Waals surface area contributed by atoms with Crippen molar-refractivity contribution < 1.29 is 38.1 Å². The summed E-state index contributed by atoms with van der Waals surface area (Å²) in [5.41, 5.74) is -0.953. The highest BCUT2D eigenvalue weighted by Crippen LogP contribution is 2.41. The smallest absolute Gasteiger partial charge is 0.410 e. The zero-order valence-corrected chi connectivity index (χ0v) is 24.3. The third-order valence-electron chi connectivity index (χ3n) is 7.74. The van der Waals surface area contributed by atoms with E-state index in [9.17, 15) is 19.2 Å². The lowest BCUT2D eigenvalue weighted by Crippen LogP contribution is -2.49. The van der Waals surface area contributed by atoms with Crippen LogP contribution in [0.2, 0.25) is 0 Å². The molecule has 10 nitrogen and oxygen atoms in total. The van der Waals surface area contributed by atoms with Crippen molar-refractivity contribution in [3.63, 3.8) is 0 Å². The van der Waals surface area contributed by atoms with Gasteiger partial charge in [0.15, 0.2) is 0 Å². The van der Waals surface area contributed by atoms with E-state index in [0.717, 1.165) is 25.7 Å². The van der Waals surface area contributed by atoms with Gasteiger partial charge in [0.2, 0.25) is 0 Å². The van der Waals surface area contributed by atoms with Gasteiger partial charge in [-0.25, -0.2) is 9.59 Å². The predicted molar refractivity (Wildman–Crippen MR) is 139 cm³/mol. The van der Waals surface area contributed by atoms with Crippen LogP contribution in [-0.4, -0.2) is 83.5 Å². The minimum Gasteiger partial charge on any atom is -0.469 e. The second-order valence-electron chi connectivity index (χ2n) is 12.9. The lowest BCUT2D eigenvalue weighted by atomic mass is 9.91.